The van der Waals surface area contributed by atoms with Gasteiger partial charge < -0.3 is 4.57 Å². The van der Waals surface area contributed by atoms with Crippen molar-refractivity contribution in [1.29, 1.82) is 0 Å². The van der Waals surface area contributed by atoms with Crippen molar-refractivity contribution in [2.24, 2.45) is 4.99 Å². The number of benzene rings is 1. The van der Waals surface area contributed by atoms with Gasteiger partial charge in [0.2, 0.25) is 0 Å². The number of aromatic nitrogens is 1. The minimum atomic E-state index is 0.189. The Hall–Kier alpha value is -1.83. The molecule has 112 valence electrons. The summed E-state index contributed by atoms with van der Waals surface area (Å²) < 4.78 is 2.31. The van der Waals surface area contributed by atoms with Crippen molar-refractivity contribution in [3.8, 4) is 0 Å². The molecule has 0 aliphatic rings. The van der Waals surface area contributed by atoms with Crippen LogP contribution in [-0.4, -0.2) is 10.8 Å². The lowest BCUT2D eigenvalue weighted by Gasteiger charge is -2.18. The van der Waals surface area contributed by atoms with Crippen molar-refractivity contribution in [3.05, 3.63) is 52.8 Å². The molecule has 1 aromatic carbocycles. The van der Waals surface area contributed by atoms with Crippen LogP contribution in [0.3, 0.4) is 0 Å². The van der Waals surface area contributed by atoms with Crippen molar-refractivity contribution in [1.82, 2.24) is 4.57 Å². The summed E-state index contributed by atoms with van der Waals surface area (Å²) in [5.74, 6) is 0. The Morgan fingerprint density at radius 2 is 1.71 bits per heavy atom. The van der Waals surface area contributed by atoms with Crippen LogP contribution in [0.2, 0.25) is 0 Å². The Morgan fingerprint density at radius 3 is 2.19 bits per heavy atom. The highest BCUT2D eigenvalue weighted by Crippen LogP contribution is 2.24. The molecule has 0 atom stereocenters. The van der Waals surface area contributed by atoms with Gasteiger partial charge in [-0.3, -0.25) is 4.99 Å². The molecule has 0 amide bonds. The van der Waals surface area contributed by atoms with E-state index < -0.39 is 0 Å². The van der Waals surface area contributed by atoms with Crippen molar-refractivity contribution >= 4 is 11.9 Å². The highest BCUT2D eigenvalue weighted by Gasteiger charge is 2.12. The van der Waals surface area contributed by atoms with Crippen LogP contribution in [0.5, 0.6) is 0 Å². The Balaban J connectivity index is 2.22. The maximum absolute atomic E-state index is 4.61. The molecule has 0 N–H and O–H groups in total. The van der Waals surface area contributed by atoms with Crippen molar-refractivity contribution < 1.29 is 0 Å². The van der Waals surface area contributed by atoms with E-state index >= 15 is 0 Å². The fraction of sp³-hybridized carbons (Fsp3) is 0.421. The molecule has 1 heterocycles. The molecule has 0 saturated heterocycles. The number of aryl methyl sites for hydroxylation is 1. The van der Waals surface area contributed by atoms with Gasteiger partial charge in [0.1, 0.15) is 0 Å². The molecule has 0 bridgehead atoms. The van der Waals surface area contributed by atoms with Gasteiger partial charge in [-0.05, 0) is 49.9 Å². The van der Waals surface area contributed by atoms with Crippen LogP contribution >= 0.6 is 0 Å². The van der Waals surface area contributed by atoms with E-state index in [1.807, 2.05) is 6.21 Å². The third kappa shape index (κ3) is 3.44. The molecular weight excluding hydrogens is 256 g/mol. The van der Waals surface area contributed by atoms with Gasteiger partial charge in [0, 0.05) is 29.7 Å². The van der Waals surface area contributed by atoms with E-state index in [2.05, 4.69) is 81.4 Å². The van der Waals surface area contributed by atoms with E-state index in [0.29, 0.717) is 0 Å². The van der Waals surface area contributed by atoms with E-state index in [0.717, 1.165) is 12.2 Å². The minimum Gasteiger partial charge on any atom is -0.349 e. The van der Waals surface area contributed by atoms with Crippen LogP contribution in [0, 0.1) is 13.8 Å². The predicted molar refractivity (Wildman–Crippen MR) is 92.0 cm³/mol. The first-order valence-corrected chi connectivity index (χ1v) is 7.64. The molecule has 0 unspecified atom stereocenters. The summed E-state index contributed by atoms with van der Waals surface area (Å²) >= 11 is 0. The molecule has 0 aliphatic heterocycles. The van der Waals surface area contributed by atoms with Crippen molar-refractivity contribution in [2.45, 2.75) is 53.5 Å². The maximum atomic E-state index is 4.61. The molecule has 0 aliphatic carbocycles. The van der Waals surface area contributed by atoms with Gasteiger partial charge in [0.25, 0.3) is 0 Å². The van der Waals surface area contributed by atoms with Crippen LogP contribution < -0.4 is 0 Å². The molecule has 0 fully saturated rings. The van der Waals surface area contributed by atoms with E-state index in [1.165, 1.54) is 22.5 Å². The third-order valence-electron chi connectivity index (χ3n) is 4.02. The highest BCUT2D eigenvalue weighted by molar-refractivity contribution is 5.83. The largest absolute Gasteiger partial charge is 0.349 e. The lowest BCUT2D eigenvalue weighted by molar-refractivity contribution is 0.590. The summed E-state index contributed by atoms with van der Waals surface area (Å²) in [5, 5.41) is 0. The molecule has 1 aromatic heterocycles. The zero-order valence-electron chi connectivity index (χ0n) is 14.1. The summed E-state index contributed by atoms with van der Waals surface area (Å²) in [6, 6.07) is 10.7. The summed E-state index contributed by atoms with van der Waals surface area (Å²) in [5.41, 5.74) is 6.31. The fourth-order valence-corrected chi connectivity index (χ4v) is 2.64. The first-order chi connectivity index (χ1) is 9.82. The smallest absolute Gasteiger partial charge is 0.0630 e. The summed E-state index contributed by atoms with van der Waals surface area (Å²) in [7, 11) is 0. The lowest BCUT2D eigenvalue weighted by atomic mass is 9.87. The lowest BCUT2D eigenvalue weighted by Crippen LogP contribution is -2.10. The highest BCUT2D eigenvalue weighted by atomic mass is 15.0. The van der Waals surface area contributed by atoms with Gasteiger partial charge in [-0.15, -0.1) is 0 Å². The summed E-state index contributed by atoms with van der Waals surface area (Å²) in [4.78, 5) is 4.61. The third-order valence-corrected chi connectivity index (χ3v) is 4.02. The molecular formula is C19H26N2. The molecule has 2 nitrogen and oxygen atoms in total. The number of rotatable bonds is 3. The zero-order valence-corrected chi connectivity index (χ0v) is 14.1. The SMILES string of the molecule is CCn1c(C)cc(C=Nc2ccc(C(C)(C)C)cc2)c1C. The van der Waals surface area contributed by atoms with Gasteiger partial charge in [0.05, 0.1) is 5.69 Å². The van der Waals surface area contributed by atoms with Gasteiger partial charge >= 0.3 is 0 Å². The fourth-order valence-electron chi connectivity index (χ4n) is 2.64. The van der Waals surface area contributed by atoms with Crippen LogP contribution in [-0.2, 0) is 12.0 Å². The van der Waals surface area contributed by atoms with Crippen LogP contribution in [0.15, 0.2) is 35.3 Å². The number of nitrogens with zero attached hydrogens (tertiary/aromatic N) is 2. The predicted octanol–water partition coefficient (Wildman–Crippen LogP) is 5.17. The van der Waals surface area contributed by atoms with Crippen molar-refractivity contribution in [2.75, 3.05) is 0 Å². The van der Waals surface area contributed by atoms with E-state index in [4.69, 9.17) is 0 Å². The molecule has 0 radical (unpaired) electrons. The maximum Gasteiger partial charge on any atom is 0.0630 e. The Kier molecular flexibility index (Phi) is 4.36. The first kappa shape index (κ1) is 15.6. The number of aliphatic imine (C=N–C) groups is 1. The van der Waals surface area contributed by atoms with Gasteiger partial charge in [-0.1, -0.05) is 32.9 Å². The topological polar surface area (TPSA) is 17.3 Å². The Morgan fingerprint density at radius 1 is 1.10 bits per heavy atom. The molecule has 2 aromatic rings. The van der Waals surface area contributed by atoms with Gasteiger partial charge in [0.15, 0.2) is 0 Å². The second-order valence-electron chi connectivity index (χ2n) is 6.63. The van der Waals surface area contributed by atoms with Crippen molar-refractivity contribution in [3.63, 3.8) is 0 Å². The second kappa shape index (κ2) is 5.88. The molecule has 21 heavy (non-hydrogen) atoms. The average Bonchev–Trinajstić information content (AvgIpc) is 2.70. The van der Waals surface area contributed by atoms with E-state index in [-0.39, 0.29) is 5.41 Å². The van der Waals surface area contributed by atoms with E-state index in [9.17, 15) is 0 Å². The van der Waals surface area contributed by atoms with Crippen LogP contribution in [0.1, 0.15) is 50.2 Å². The van der Waals surface area contributed by atoms with E-state index in [1.54, 1.807) is 0 Å². The summed E-state index contributed by atoms with van der Waals surface area (Å²) in [6.45, 7) is 14.2. The molecule has 0 spiro atoms. The summed E-state index contributed by atoms with van der Waals surface area (Å²) in [6.07, 6.45) is 1.97. The normalized spacial score (nSPS) is 12.3. The quantitative estimate of drug-likeness (QED) is 0.691. The zero-order chi connectivity index (χ0) is 15.6. The first-order valence-electron chi connectivity index (χ1n) is 7.64. The van der Waals surface area contributed by atoms with Gasteiger partial charge in [-0.25, -0.2) is 0 Å². The van der Waals surface area contributed by atoms with Crippen LogP contribution in [0.25, 0.3) is 0 Å². The molecule has 2 heteroatoms. The molecule has 0 saturated carbocycles. The molecule has 2 rings (SSSR count). The Labute approximate surface area is 128 Å². The van der Waals surface area contributed by atoms with Gasteiger partial charge in [-0.2, -0.15) is 0 Å². The standard InChI is InChI=1S/C19H26N2/c1-7-21-14(2)12-16(15(21)3)13-20-18-10-8-17(9-11-18)19(4,5)6/h8-13H,7H2,1-6H3. The second-order valence-corrected chi connectivity index (χ2v) is 6.63. The minimum absolute atomic E-state index is 0.189. The monoisotopic (exact) mass is 282 g/mol. The van der Waals surface area contributed by atoms with Crippen LogP contribution in [0.4, 0.5) is 5.69 Å². The number of hydrogen-bond acceptors (Lipinski definition) is 1. The Bertz CT molecular complexity index is 637. The average molecular weight is 282 g/mol. The number of hydrogen-bond donors (Lipinski definition) is 0.